The third kappa shape index (κ3) is 6.20. The van der Waals surface area contributed by atoms with Gasteiger partial charge in [-0.3, -0.25) is 18.7 Å². The van der Waals surface area contributed by atoms with Gasteiger partial charge in [0, 0.05) is 35.3 Å². The maximum absolute atomic E-state index is 8.99. The molecular weight excluding hydrogens is 711 g/mol. The number of rotatable bonds is 7. The topological polar surface area (TPSA) is 48.8 Å². The van der Waals surface area contributed by atoms with E-state index in [0.29, 0.717) is 28.4 Å². The van der Waals surface area contributed by atoms with Gasteiger partial charge in [0.1, 0.15) is 17.3 Å². The van der Waals surface area contributed by atoms with E-state index in [1.54, 1.807) is 57.8 Å². The van der Waals surface area contributed by atoms with Crippen molar-refractivity contribution in [1.82, 2.24) is 19.1 Å². The summed E-state index contributed by atoms with van der Waals surface area (Å²) in [6.07, 6.45) is 6.83. The van der Waals surface area contributed by atoms with Crippen LogP contribution < -0.4 is 9.30 Å². The smallest absolute Gasteiger partial charge is 0.271 e. The molecule has 0 atom stereocenters. The van der Waals surface area contributed by atoms with Crippen LogP contribution in [0.4, 0.5) is 0 Å². The van der Waals surface area contributed by atoms with Gasteiger partial charge in [0.15, 0.2) is 5.82 Å². The Balaban J connectivity index is 1.15. The monoisotopic (exact) mass is 761 g/mol. The van der Waals surface area contributed by atoms with Crippen LogP contribution in [0.5, 0.6) is 11.5 Å². The van der Waals surface area contributed by atoms with Crippen molar-refractivity contribution in [2.45, 2.75) is 33.1 Å². The number of nitrogens with zero attached hydrogens (tertiary/aromatic N) is 5. The first kappa shape index (κ1) is 25.8. The van der Waals surface area contributed by atoms with Crippen LogP contribution in [0.1, 0.15) is 45.6 Å². The first-order valence-electron chi connectivity index (χ1n) is 23.8. The van der Waals surface area contributed by atoms with Crippen molar-refractivity contribution < 1.29 is 23.0 Å². The lowest BCUT2D eigenvalue weighted by Gasteiger charge is -2.20. The molecule has 280 valence electrons. The van der Waals surface area contributed by atoms with E-state index < -0.39 is 60.4 Å². The molecule has 0 aliphatic heterocycles. The maximum Gasteiger partial charge on any atom is 0.271 e. The first-order chi connectivity index (χ1) is 32.4. The number of hydrogen-bond donors (Lipinski definition) is 0. The van der Waals surface area contributed by atoms with Gasteiger partial charge in [-0.1, -0.05) is 135 Å². The minimum absolute atomic E-state index is 0.0948. The molecular formula is C52H41N5O. The van der Waals surface area contributed by atoms with Gasteiger partial charge in [-0.15, -0.1) is 0 Å². The summed E-state index contributed by atoms with van der Waals surface area (Å²) in [5, 5.41) is 2.13. The Labute approximate surface area is 352 Å². The van der Waals surface area contributed by atoms with Crippen molar-refractivity contribution in [3.63, 3.8) is 0 Å². The van der Waals surface area contributed by atoms with Crippen LogP contribution in [-0.2, 0) is 5.41 Å². The van der Waals surface area contributed by atoms with Crippen molar-refractivity contribution >= 4 is 32.8 Å². The van der Waals surface area contributed by atoms with E-state index in [4.69, 9.17) is 28.4 Å². The SMILES string of the molecule is [2H]c1c([2H])c([2H])c(-c2cccc(-c3c([2H])c([2H])c([2H])c([2H])c3[2H])c2-[n+]2[c-]n(-c3cc(Oc4ccc5c6cc(C)ccc6n(-c6cc(C(C)(C)C)ccn6)c5c4)ccn3)c3ccccc32)c([2H])c1[2H]. The molecule has 0 bridgehead atoms. The molecule has 10 rings (SSSR count). The van der Waals surface area contributed by atoms with E-state index in [-0.39, 0.29) is 33.4 Å². The van der Waals surface area contributed by atoms with Crippen molar-refractivity contribution in [2.75, 3.05) is 0 Å². The van der Waals surface area contributed by atoms with E-state index >= 15 is 0 Å². The number of hydrogen-bond acceptors (Lipinski definition) is 3. The van der Waals surface area contributed by atoms with Gasteiger partial charge in [0.25, 0.3) is 6.33 Å². The molecule has 6 heteroatoms. The molecule has 6 nitrogen and oxygen atoms in total. The number of aryl methyl sites for hydroxylation is 1. The predicted octanol–water partition coefficient (Wildman–Crippen LogP) is 12.3. The lowest BCUT2D eigenvalue weighted by molar-refractivity contribution is -0.571. The Kier molecular flexibility index (Phi) is 6.23. The molecule has 0 N–H and O–H groups in total. The second kappa shape index (κ2) is 14.0. The molecule has 0 saturated carbocycles. The summed E-state index contributed by atoms with van der Waals surface area (Å²) in [4.78, 5) is 9.56. The van der Waals surface area contributed by atoms with Crippen LogP contribution in [0, 0.1) is 13.3 Å². The van der Waals surface area contributed by atoms with Gasteiger partial charge in [0.05, 0.1) is 41.5 Å². The zero-order chi connectivity index (χ0) is 48.1. The molecule has 6 aromatic carbocycles. The second-order valence-electron chi connectivity index (χ2n) is 15.1. The van der Waals surface area contributed by atoms with Crippen LogP contribution >= 0.6 is 0 Å². The highest BCUT2D eigenvalue weighted by atomic mass is 16.5. The van der Waals surface area contributed by atoms with Crippen LogP contribution in [0.3, 0.4) is 0 Å². The van der Waals surface area contributed by atoms with Gasteiger partial charge < -0.3 is 4.74 Å². The molecule has 0 radical (unpaired) electrons. The normalized spacial score (nSPS) is 14.2. The van der Waals surface area contributed by atoms with Crippen LogP contribution in [0.15, 0.2) is 176 Å². The van der Waals surface area contributed by atoms with Crippen molar-refractivity contribution in [1.29, 1.82) is 0 Å². The highest BCUT2D eigenvalue weighted by Crippen LogP contribution is 2.37. The molecule has 10 aromatic rings. The Hall–Kier alpha value is -7.31. The zero-order valence-corrected chi connectivity index (χ0v) is 32.1. The molecule has 0 amide bonds. The summed E-state index contributed by atoms with van der Waals surface area (Å²) in [5.74, 6) is 2.19. The molecule has 0 unspecified atom stereocenters. The molecule has 0 aliphatic rings. The van der Waals surface area contributed by atoms with Crippen molar-refractivity contribution in [3.8, 4) is 51.1 Å². The first-order valence-corrected chi connectivity index (χ1v) is 18.8. The molecule has 4 heterocycles. The summed E-state index contributed by atoms with van der Waals surface area (Å²) in [7, 11) is 0. The number of aromatic nitrogens is 5. The summed E-state index contributed by atoms with van der Waals surface area (Å²) in [5.41, 5.74) is 5.39. The Morgan fingerprint density at radius 1 is 0.621 bits per heavy atom. The number of para-hydroxylation sites is 3. The predicted molar refractivity (Wildman–Crippen MR) is 234 cm³/mol. The number of imidazole rings is 1. The summed E-state index contributed by atoms with van der Waals surface area (Å²) >= 11 is 0. The highest BCUT2D eigenvalue weighted by Gasteiger charge is 2.21. The van der Waals surface area contributed by atoms with Crippen LogP contribution in [0.25, 0.3) is 72.4 Å². The Morgan fingerprint density at radius 3 is 2.05 bits per heavy atom. The quantitative estimate of drug-likeness (QED) is 0.120. The fourth-order valence-corrected chi connectivity index (χ4v) is 7.51. The molecule has 58 heavy (non-hydrogen) atoms. The lowest BCUT2D eigenvalue weighted by atomic mass is 9.88. The summed E-state index contributed by atoms with van der Waals surface area (Å²) < 4.78 is 98.8. The van der Waals surface area contributed by atoms with Gasteiger partial charge in [0.2, 0.25) is 0 Å². The largest absolute Gasteiger partial charge is 0.458 e. The van der Waals surface area contributed by atoms with E-state index in [2.05, 4.69) is 68.9 Å². The number of pyridine rings is 2. The van der Waals surface area contributed by atoms with Crippen LogP contribution in [0.2, 0.25) is 0 Å². The number of ether oxygens (including phenoxy) is 1. The van der Waals surface area contributed by atoms with Crippen molar-refractivity contribution in [3.05, 3.63) is 193 Å². The van der Waals surface area contributed by atoms with Gasteiger partial charge in [-0.2, -0.15) is 0 Å². The van der Waals surface area contributed by atoms with E-state index in [1.807, 2.05) is 36.5 Å². The average molecular weight is 762 g/mol. The molecule has 0 spiro atoms. The zero-order valence-electron chi connectivity index (χ0n) is 42.1. The van der Waals surface area contributed by atoms with Crippen molar-refractivity contribution in [2.24, 2.45) is 0 Å². The summed E-state index contributed by atoms with van der Waals surface area (Å²) in [6, 6.07) is 26.7. The van der Waals surface area contributed by atoms with E-state index in [9.17, 15) is 0 Å². The van der Waals surface area contributed by atoms with E-state index in [0.717, 1.165) is 38.8 Å². The van der Waals surface area contributed by atoms with Gasteiger partial charge in [-0.25, -0.2) is 4.98 Å². The maximum atomic E-state index is 8.99. The lowest BCUT2D eigenvalue weighted by Crippen LogP contribution is -2.31. The third-order valence-corrected chi connectivity index (χ3v) is 10.3. The number of benzene rings is 6. The number of fused-ring (bicyclic) bond motifs is 4. The molecule has 0 aliphatic carbocycles. The minimum Gasteiger partial charge on any atom is -0.458 e. The average Bonchev–Trinajstić information content (AvgIpc) is 3.87. The highest BCUT2D eigenvalue weighted by molar-refractivity contribution is 6.09. The molecule has 4 aromatic heterocycles. The Bertz CT molecular complexity index is 3600. The Morgan fingerprint density at radius 2 is 1.31 bits per heavy atom. The molecule has 0 saturated heterocycles. The van der Waals surface area contributed by atoms with Gasteiger partial charge >= 0.3 is 0 Å². The second-order valence-corrected chi connectivity index (χ2v) is 15.1. The molecule has 0 fully saturated rings. The fourth-order valence-electron chi connectivity index (χ4n) is 7.51. The van der Waals surface area contributed by atoms with Crippen LogP contribution in [-0.4, -0.2) is 19.1 Å². The van der Waals surface area contributed by atoms with Gasteiger partial charge in [-0.05, 0) is 82.6 Å². The third-order valence-electron chi connectivity index (χ3n) is 10.3. The van der Waals surface area contributed by atoms with E-state index in [1.165, 1.54) is 0 Å². The minimum atomic E-state index is -0.573. The summed E-state index contributed by atoms with van der Waals surface area (Å²) in [6.45, 7) is 8.60. The standard InChI is InChI=1S/C52H41N5O/c1-35-22-25-45-44(30-35)43-24-23-39(32-48(43)57(45)50-31-38(26-28-54-50)52(2,3)4)58-40-27-29-53-49(33-40)55-34-56(47-21-12-11-20-46(47)55)51-41(36-14-7-5-8-15-36)18-13-19-42(51)37-16-9-6-10-17-37/h5-33H,1-4H3/i5D,6D,7D,8D,9D,10D,14D,15D,16D,17D. The fraction of sp³-hybridized carbons (Fsp3) is 0.0962.